The molecule has 3 heteroatoms. The molecule has 2 aromatic carbocycles. The van der Waals surface area contributed by atoms with Gasteiger partial charge in [0.15, 0.2) is 0 Å². The van der Waals surface area contributed by atoms with Crippen molar-refractivity contribution in [3.8, 4) is 16.9 Å². The monoisotopic (exact) mass is 422 g/mol. The van der Waals surface area contributed by atoms with Crippen molar-refractivity contribution in [2.24, 2.45) is 17.3 Å². The van der Waals surface area contributed by atoms with E-state index in [9.17, 15) is 9.18 Å². The molecule has 2 aliphatic rings. The fraction of sp³-hybridized carbons (Fsp3) is 0.536. The molecule has 0 radical (unpaired) electrons. The average Bonchev–Trinajstić information content (AvgIpc) is 2.81. The standard InChI is InChI=1S/C28H35FO2/c1-2-6-21-9-13-24(14-10-21)28(19-17-25(29)18-20-28)27(30)31-26-15-11-23(12-16-26)22-7-4-3-5-8-22/h3-5,7-8,11-12,15-16,21,24-25H,2,6,9-10,13-14,17-20H2,1H3. The van der Waals surface area contributed by atoms with Crippen LogP contribution in [0.5, 0.6) is 5.75 Å². The van der Waals surface area contributed by atoms with Gasteiger partial charge in [-0.15, -0.1) is 0 Å². The van der Waals surface area contributed by atoms with Gasteiger partial charge in [-0.25, -0.2) is 4.39 Å². The van der Waals surface area contributed by atoms with E-state index in [1.807, 2.05) is 42.5 Å². The van der Waals surface area contributed by atoms with E-state index in [-0.39, 0.29) is 5.97 Å². The van der Waals surface area contributed by atoms with Gasteiger partial charge in [0.1, 0.15) is 11.9 Å². The summed E-state index contributed by atoms with van der Waals surface area (Å²) in [5, 5.41) is 0. The first-order valence-electron chi connectivity index (χ1n) is 12.1. The van der Waals surface area contributed by atoms with E-state index in [0.717, 1.165) is 29.9 Å². The Hall–Kier alpha value is -2.16. The number of rotatable bonds is 6. The average molecular weight is 423 g/mol. The summed E-state index contributed by atoms with van der Waals surface area (Å²) in [4.78, 5) is 13.5. The highest BCUT2D eigenvalue weighted by Gasteiger charge is 2.49. The Morgan fingerprint density at radius 1 is 0.903 bits per heavy atom. The quantitative estimate of drug-likeness (QED) is 0.351. The Morgan fingerprint density at radius 3 is 2.13 bits per heavy atom. The zero-order chi connectivity index (χ0) is 21.7. The van der Waals surface area contributed by atoms with Gasteiger partial charge in [-0.1, -0.05) is 75.1 Å². The van der Waals surface area contributed by atoms with Gasteiger partial charge >= 0.3 is 5.97 Å². The van der Waals surface area contributed by atoms with Crippen molar-refractivity contribution in [2.45, 2.75) is 77.3 Å². The van der Waals surface area contributed by atoms with Crippen molar-refractivity contribution >= 4 is 5.97 Å². The van der Waals surface area contributed by atoms with Crippen molar-refractivity contribution in [1.82, 2.24) is 0 Å². The molecule has 0 heterocycles. The fourth-order valence-corrected chi connectivity index (χ4v) is 5.84. The van der Waals surface area contributed by atoms with Crippen LogP contribution in [0.25, 0.3) is 11.1 Å². The van der Waals surface area contributed by atoms with Crippen LogP contribution in [-0.2, 0) is 4.79 Å². The van der Waals surface area contributed by atoms with Gasteiger partial charge in [0.05, 0.1) is 5.41 Å². The minimum Gasteiger partial charge on any atom is -0.426 e. The Morgan fingerprint density at radius 2 is 1.52 bits per heavy atom. The minimum atomic E-state index is -0.775. The lowest BCUT2D eigenvalue weighted by atomic mass is 9.60. The van der Waals surface area contributed by atoms with Crippen molar-refractivity contribution in [2.75, 3.05) is 0 Å². The summed E-state index contributed by atoms with van der Waals surface area (Å²) >= 11 is 0. The van der Waals surface area contributed by atoms with Gasteiger partial charge in [-0.2, -0.15) is 0 Å². The second-order valence-electron chi connectivity index (χ2n) is 9.62. The van der Waals surface area contributed by atoms with E-state index < -0.39 is 11.6 Å². The smallest absolute Gasteiger partial charge is 0.317 e. The zero-order valence-electron chi connectivity index (χ0n) is 18.7. The van der Waals surface area contributed by atoms with E-state index in [0.29, 0.717) is 37.4 Å². The number of carbonyl (C=O) groups excluding carboxylic acids is 1. The normalized spacial score (nSPS) is 28.8. The molecule has 0 amide bonds. The first-order valence-corrected chi connectivity index (χ1v) is 12.1. The van der Waals surface area contributed by atoms with E-state index in [1.54, 1.807) is 0 Å². The zero-order valence-corrected chi connectivity index (χ0v) is 18.7. The predicted octanol–water partition coefficient (Wildman–Crippen LogP) is 7.76. The molecule has 0 unspecified atom stereocenters. The Balaban J connectivity index is 1.47. The van der Waals surface area contributed by atoms with Crippen LogP contribution in [0.2, 0.25) is 0 Å². The van der Waals surface area contributed by atoms with Crippen LogP contribution < -0.4 is 4.74 Å². The third-order valence-electron chi connectivity index (χ3n) is 7.71. The van der Waals surface area contributed by atoms with Crippen molar-refractivity contribution in [1.29, 1.82) is 0 Å². The summed E-state index contributed by atoms with van der Waals surface area (Å²) in [5.74, 6) is 1.57. The predicted molar refractivity (Wildman–Crippen MR) is 124 cm³/mol. The van der Waals surface area contributed by atoms with Gasteiger partial charge in [0.25, 0.3) is 0 Å². The molecular formula is C28H35FO2. The molecule has 2 nitrogen and oxygen atoms in total. The molecule has 0 spiro atoms. The molecule has 0 saturated heterocycles. The molecule has 0 aromatic heterocycles. The number of halogens is 1. The molecule has 2 fully saturated rings. The summed E-state index contributed by atoms with van der Waals surface area (Å²) in [6.07, 6.45) is 8.48. The van der Waals surface area contributed by atoms with Crippen LogP contribution in [0.3, 0.4) is 0 Å². The molecule has 31 heavy (non-hydrogen) atoms. The van der Waals surface area contributed by atoms with E-state index in [1.165, 1.54) is 25.7 Å². The highest BCUT2D eigenvalue weighted by Crippen LogP contribution is 2.51. The number of esters is 1. The number of carbonyl (C=O) groups is 1. The van der Waals surface area contributed by atoms with Crippen LogP contribution in [0.1, 0.15) is 71.1 Å². The van der Waals surface area contributed by atoms with Crippen LogP contribution >= 0.6 is 0 Å². The molecule has 166 valence electrons. The first-order chi connectivity index (χ1) is 15.1. The summed E-state index contributed by atoms with van der Waals surface area (Å²) in [7, 11) is 0. The molecule has 0 N–H and O–H groups in total. The lowest BCUT2D eigenvalue weighted by Gasteiger charge is -2.45. The molecular weight excluding hydrogens is 387 g/mol. The summed E-state index contributed by atoms with van der Waals surface area (Å²) < 4.78 is 19.9. The molecule has 2 aliphatic carbocycles. The second-order valence-corrected chi connectivity index (χ2v) is 9.62. The van der Waals surface area contributed by atoms with Crippen LogP contribution in [0.4, 0.5) is 4.39 Å². The van der Waals surface area contributed by atoms with Gasteiger partial charge < -0.3 is 4.74 Å². The molecule has 0 bridgehead atoms. The SMILES string of the molecule is CCCC1CCC(C2(C(=O)Oc3ccc(-c4ccccc4)cc3)CCC(F)CC2)CC1. The number of ether oxygens (including phenoxy) is 1. The Labute approximate surface area is 186 Å². The summed E-state index contributed by atoms with van der Waals surface area (Å²) in [6, 6.07) is 17.9. The van der Waals surface area contributed by atoms with Gasteiger partial charge in [-0.05, 0) is 73.6 Å². The van der Waals surface area contributed by atoms with Crippen LogP contribution in [0.15, 0.2) is 54.6 Å². The van der Waals surface area contributed by atoms with Crippen LogP contribution in [0, 0.1) is 17.3 Å². The van der Waals surface area contributed by atoms with E-state index >= 15 is 0 Å². The number of alkyl halides is 1. The lowest BCUT2D eigenvalue weighted by Crippen LogP contribution is -2.46. The number of benzene rings is 2. The van der Waals surface area contributed by atoms with Crippen molar-refractivity contribution < 1.29 is 13.9 Å². The van der Waals surface area contributed by atoms with Crippen LogP contribution in [-0.4, -0.2) is 12.1 Å². The molecule has 0 aliphatic heterocycles. The summed E-state index contributed by atoms with van der Waals surface area (Å²) in [6.45, 7) is 2.25. The topological polar surface area (TPSA) is 26.3 Å². The van der Waals surface area contributed by atoms with Crippen molar-refractivity contribution in [3.05, 3.63) is 54.6 Å². The third kappa shape index (κ3) is 5.02. The van der Waals surface area contributed by atoms with E-state index in [4.69, 9.17) is 4.74 Å². The molecule has 4 rings (SSSR count). The minimum absolute atomic E-state index is 0.134. The van der Waals surface area contributed by atoms with Gasteiger partial charge in [-0.3, -0.25) is 4.79 Å². The Bertz CT molecular complexity index is 829. The van der Waals surface area contributed by atoms with E-state index in [2.05, 4.69) is 19.1 Å². The molecule has 2 aromatic rings. The first kappa shape index (κ1) is 22.0. The molecule has 0 atom stereocenters. The molecule has 2 saturated carbocycles. The Kier molecular flexibility index (Phi) is 7.09. The number of hydrogen-bond acceptors (Lipinski definition) is 2. The fourth-order valence-electron chi connectivity index (χ4n) is 5.84. The maximum Gasteiger partial charge on any atom is 0.317 e. The lowest BCUT2D eigenvalue weighted by molar-refractivity contribution is -0.154. The van der Waals surface area contributed by atoms with Crippen molar-refractivity contribution in [3.63, 3.8) is 0 Å². The maximum atomic E-state index is 14.0. The summed E-state index contributed by atoms with van der Waals surface area (Å²) in [5.41, 5.74) is 1.72. The van der Waals surface area contributed by atoms with Gasteiger partial charge in [0.2, 0.25) is 0 Å². The second kappa shape index (κ2) is 9.97. The highest BCUT2D eigenvalue weighted by molar-refractivity contribution is 5.80. The highest BCUT2D eigenvalue weighted by atomic mass is 19.1. The largest absolute Gasteiger partial charge is 0.426 e. The third-order valence-corrected chi connectivity index (χ3v) is 7.71. The number of hydrogen-bond donors (Lipinski definition) is 0. The van der Waals surface area contributed by atoms with Gasteiger partial charge in [0, 0.05) is 0 Å². The maximum absolute atomic E-state index is 14.0.